The molecule has 1 atom stereocenters. The van der Waals surface area contributed by atoms with Crippen molar-refractivity contribution in [1.82, 2.24) is 5.32 Å². The van der Waals surface area contributed by atoms with Crippen molar-refractivity contribution in [1.29, 1.82) is 0 Å². The molecule has 1 unspecified atom stereocenters. The van der Waals surface area contributed by atoms with Gasteiger partial charge in [0.25, 0.3) is 5.91 Å². The van der Waals surface area contributed by atoms with E-state index in [9.17, 15) is 9.59 Å². The summed E-state index contributed by atoms with van der Waals surface area (Å²) in [6, 6.07) is 1.82. The number of thiophene rings is 1. The van der Waals surface area contributed by atoms with Crippen LogP contribution in [0.25, 0.3) is 6.08 Å². The van der Waals surface area contributed by atoms with Gasteiger partial charge in [-0.25, -0.2) is 4.79 Å². The number of carboxylic acids is 1. The third-order valence-electron chi connectivity index (χ3n) is 2.26. The molecule has 1 amide bonds. The largest absolute Gasteiger partial charge is 0.478 e. The zero-order valence-corrected chi connectivity index (χ0v) is 10.6. The van der Waals surface area contributed by atoms with Crippen molar-refractivity contribution in [3.05, 3.63) is 28.0 Å². The molecule has 1 heterocycles. The van der Waals surface area contributed by atoms with Crippen LogP contribution in [0.3, 0.4) is 0 Å². The van der Waals surface area contributed by atoms with E-state index in [0.717, 1.165) is 17.4 Å². The van der Waals surface area contributed by atoms with Crippen LogP contribution in [0.15, 0.2) is 17.5 Å². The highest BCUT2D eigenvalue weighted by Crippen LogP contribution is 2.16. The number of aliphatic carboxylic acids is 1. The van der Waals surface area contributed by atoms with E-state index < -0.39 is 5.97 Å². The van der Waals surface area contributed by atoms with Crippen molar-refractivity contribution in [2.45, 2.75) is 26.3 Å². The molecule has 0 bridgehead atoms. The molecule has 0 saturated carbocycles. The van der Waals surface area contributed by atoms with Gasteiger partial charge in [0.05, 0.1) is 5.56 Å². The Labute approximate surface area is 104 Å². The summed E-state index contributed by atoms with van der Waals surface area (Å²) in [6.45, 7) is 3.94. The molecule has 0 aromatic carbocycles. The summed E-state index contributed by atoms with van der Waals surface area (Å²) in [4.78, 5) is 22.8. The molecular formula is C12H15NO3S. The van der Waals surface area contributed by atoms with Crippen LogP contribution in [0.4, 0.5) is 0 Å². The summed E-state index contributed by atoms with van der Waals surface area (Å²) in [7, 11) is 0. The van der Waals surface area contributed by atoms with Crippen LogP contribution < -0.4 is 5.32 Å². The van der Waals surface area contributed by atoms with Crippen LogP contribution in [0, 0.1) is 0 Å². The molecule has 0 fully saturated rings. The molecule has 4 nitrogen and oxygen atoms in total. The first-order valence-electron chi connectivity index (χ1n) is 5.33. The van der Waals surface area contributed by atoms with E-state index in [-0.39, 0.29) is 11.9 Å². The van der Waals surface area contributed by atoms with Crippen molar-refractivity contribution < 1.29 is 14.7 Å². The Kier molecular flexibility index (Phi) is 4.90. The Morgan fingerprint density at radius 3 is 2.88 bits per heavy atom. The van der Waals surface area contributed by atoms with E-state index in [1.165, 1.54) is 17.4 Å². The molecule has 1 aromatic heterocycles. The average molecular weight is 253 g/mol. The maximum Gasteiger partial charge on any atom is 0.328 e. The fourth-order valence-electron chi connectivity index (χ4n) is 1.12. The molecule has 1 aromatic rings. The van der Waals surface area contributed by atoms with Crippen LogP contribution in [0.5, 0.6) is 0 Å². The highest BCUT2D eigenvalue weighted by atomic mass is 32.1. The zero-order valence-electron chi connectivity index (χ0n) is 9.77. The number of amides is 1. The highest BCUT2D eigenvalue weighted by Gasteiger charge is 2.09. The molecule has 0 radical (unpaired) electrons. The van der Waals surface area contributed by atoms with Crippen molar-refractivity contribution >= 4 is 29.3 Å². The van der Waals surface area contributed by atoms with Gasteiger partial charge in [-0.15, -0.1) is 11.3 Å². The summed E-state index contributed by atoms with van der Waals surface area (Å²) in [5.41, 5.74) is 0.570. The number of carbonyl (C=O) groups excluding carboxylic acids is 1. The SMILES string of the molecule is CCC(C)NC(=O)c1csc(C=CC(=O)O)c1. The van der Waals surface area contributed by atoms with E-state index in [2.05, 4.69) is 5.32 Å². The van der Waals surface area contributed by atoms with Gasteiger partial charge in [-0.2, -0.15) is 0 Å². The fraction of sp³-hybridized carbons (Fsp3) is 0.333. The van der Waals surface area contributed by atoms with Crippen LogP contribution in [-0.2, 0) is 4.79 Å². The Morgan fingerprint density at radius 2 is 2.29 bits per heavy atom. The second-order valence-electron chi connectivity index (χ2n) is 3.69. The number of hydrogen-bond acceptors (Lipinski definition) is 3. The van der Waals surface area contributed by atoms with Gasteiger partial charge in [0.15, 0.2) is 0 Å². The Hall–Kier alpha value is -1.62. The van der Waals surface area contributed by atoms with E-state index in [1.54, 1.807) is 11.4 Å². The minimum absolute atomic E-state index is 0.120. The predicted octanol–water partition coefficient (Wildman–Crippen LogP) is 2.37. The Balaban J connectivity index is 2.67. The van der Waals surface area contributed by atoms with Crippen LogP contribution >= 0.6 is 11.3 Å². The molecule has 0 aliphatic carbocycles. The minimum Gasteiger partial charge on any atom is -0.478 e. The van der Waals surface area contributed by atoms with Gasteiger partial charge in [-0.05, 0) is 25.5 Å². The quantitative estimate of drug-likeness (QED) is 0.792. The monoisotopic (exact) mass is 253 g/mol. The number of carboxylic acid groups (broad SMARTS) is 1. The normalized spacial score (nSPS) is 12.6. The van der Waals surface area contributed by atoms with Crippen molar-refractivity contribution in [3.63, 3.8) is 0 Å². The molecule has 0 aliphatic heterocycles. The first kappa shape index (κ1) is 13.4. The first-order chi connectivity index (χ1) is 8.02. The summed E-state index contributed by atoms with van der Waals surface area (Å²) in [6.07, 6.45) is 3.41. The van der Waals surface area contributed by atoms with Gasteiger partial charge >= 0.3 is 5.97 Å². The smallest absolute Gasteiger partial charge is 0.328 e. The lowest BCUT2D eigenvalue weighted by molar-refractivity contribution is -0.131. The molecule has 2 N–H and O–H groups in total. The molecule has 1 rings (SSSR count). The van der Waals surface area contributed by atoms with Gasteiger partial charge in [-0.1, -0.05) is 6.92 Å². The third kappa shape index (κ3) is 4.40. The van der Waals surface area contributed by atoms with Crippen LogP contribution in [0.2, 0.25) is 0 Å². The maximum atomic E-state index is 11.7. The molecular weight excluding hydrogens is 238 g/mol. The van der Waals surface area contributed by atoms with Gasteiger partial charge in [0, 0.05) is 22.4 Å². The second-order valence-corrected chi connectivity index (χ2v) is 4.63. The number of carbonyl (C=O) groups is 2. The van der Waals surface area contributed by atoms with E-state index >= 15 is 0 Å². The fourth-order valence-corrected chi connectivity index (χ4v) is 1.90. The van der Waals surface area contributed by atoms with Gasteiger partial charge in [0.2, 0.25) is 0 Å². The van der Waals surface area contributed by atoms with Crippen molar-refractivity contribution in [3.8, 4) is 0 Å². The first-order valence-corrected chi connectivity index (χ1v) is 6.21. The maximum absolute atomic E-state index is 11.7. The summed E-state index contributed by atoms with van der Waals surface area (Å²) >= 11 is 1.34. The highest BCUT2D eigenvalue weighted by molar-refractivity contribution is 7.11. The lowest BCUT2D eigenvalue weighted by Gasteiger charge is -2.09. The lowest BCUT2D eigenvalue weighted by atomic mass is 10.2. The number of nitrogens with one attached hydrogen (secondary N) is 1. The van der Waals surface area contributed by atoms with E-state index in [0.29, 0.717) is 5.56 Å². The topological polar surface area (TPSA) is 66.4 Å². The lowest BCUT2D eigenvalue weighted by Crippen LogP contribution is -2.31. The number of hydrogen-bond donors (Lipinski definition) is 2. The molecule has 0 aliphatic rings. The summed E-state index contributed by atoms with van der Waals surface area (Å²) < 4.78 is 0. The number of rotatable bonds is 5. The minimum atomic E-state index is -0.996. The molecule has 17 heavy (non-hydrogen) atoms. The summed E-state index contributed by atoms with van der Waals surface area (Å²) in [5, 5.41) is 13.1. The standard InChI is InChI=1S/C12H15NO3S/c1-3-8(2)13-12(16)9-6-10(17-7-9)4-5-11(14)15/h4-8H,3H2,1-2H3,(H,13,16)(H,14,15). The molecule has 0 spiro atoms. The van der Waals surface area contributed by atoms with Gasteiger partial charge in [-0.3, -0.25) is 4.79 Å². The van der Waals surface area contributed by atoms with Gasteiger partial charge < -0.3 is 10.4 Å². The molecule has 0 saturated heterocycles. The van der Waals surface area contributed by atoms with Crippen molar-refractivity contribution in [2.75, 3.05) is 0 Å². The Morgan fingerprint density at radius 1 is 1.59 bits per heavy atom. The Bertz CT molecular complexity index is 437. The van der Waals surface area contributed by atoms with E-state index in [1.807, 2.05) is 13.8 Å². The third-order valence-corrected chi connectivity index (χ3v) is 3.16. The van der Waals surface area contributed by atoms with Crippen LogP contribution in [0.1, 0.15) is 35.5 Å². The van der Waals surface area contributed by atoms with E-state index in [4.69, 9.17) is 5.11 Å². The second kappa shape index (κ2) is 6.20. The van der Waals surface area contributed by atoms with Gasteiger partial charge in [0.1, 0.15) is 0 Å². The average Bonchev–Trinajstić information content (AvgIpc) is 2.74. The predicted molar refractivity (Wildman–Crippen MR) is 68.2 cm³/mol. The molecule has 5 heteroatoms. The summed E-state index contributed by atoms with van der Waals surface area (Å²) in [5.74, 6) is -1.12. The van der Waals surface area contributed by atoms with Crippen LogP contribution in [-0.4, -0.2) is 23.0 Å². The zero-order chi connectivity index (χ0) is 12.8. The van der Waals surface area contributed by atoms with Crippen molar-refractivity contribution in [2.24, 2.45) is 0 Å². The molecule has 92 valence electrons.